The van der Waals surface area contributed by atoms with Crippen molar-refractivity contribution in [3.8, 4) is 0 Å². The lowest BCUT2D eigenvalue weighted by atomic mass is 9.94. The molecule has 2 aliphatic carbocycles. The lowest BCUT2D eigenvalue weighted by Gasteiger charge is -2.11. The molecule has 0 aliphatic heterocycles. The highest BCUT2D eigenvalue weighted by Gasteiger charge is 2.39. The molecule has 0 aromatic rings. The SMILES string of the molecule is O=C(O)[C@H]1C[C@@H]2C=C[C@H]1C2. The topological polar surface area (TPSA) is 37.3 Å². The van der Waals surface area contributed by atoms with Crippen LogP contribution < -0.4 is 0 Å². The largest absolute Gasteiger partial charge is 0.481 e. The quantitative estimate of drug-likeness (QED) is 0.554. The van der Waals surface area contributed by atoms with Crippen LogP contribution in [0.1, 0.15) is 12.8 Å². The molecule has 2 heteroatoms. The summed E-state index contributed by atoms with van der Waals surface area (Å²) in [6.45, 7) is 0. The molecule has 0 unspecified atom stereocenters. The van der Waals surface area contributed by atoms with Crippen molar-refractivity contribution in [3.05, 3.63) is 12.2 Å². The third-order valence-electron chi connectivity index (χ3n) is 2.60. The number of rotatable bonds is 1. The van der Waals surface area contributed by atoms with E-state index >= 15 is 0 Å². The summed E-state index contributed by atoms with van der Waals surface area (Å²) >= 11 is 0. The zero-order valence-electron chi connectivity index (χ0n) is 5.66. The molecule has 0 aromatic heterocycles. The second-order valence-corrected chi connectivity index (χ2v) is 3.22. The molecular formula is C8H10O2. The van der Waals surface area contributed by atoms with Crippen molar-refractivity contribution in [1.29, 1.82) is 0 Å². The Hall–Kier alpha value is -0.790. The Labute approximate surface area is 59.5 Å². The monoisotopic (exact) mass is 138 g/mol. The fraction of sp³-hybridized carbons (Fsp3) is 0.625. The van der Waals surface area contributed by atoms with Crippen molar-refractivity contribution in [3.63, 3.8) is 0 Å². The van der Waals surface area contributed by atoms with Gasteiger partial charge in [0.05, 0.1) is 5.92 Å². The Morgan fingerprint density at radius 3 is 2.50 bits per heavy atom. The minimum atomic E-state index is -0.614. The summed E-state index contributed by atoms with van der Waals surface area (Å²) < 4.78 is 0. The average Bonchev–Trinajstić information content (AvgIpc) is 2.44. The maximum atomic E-state index is 10.6. The zero-order valence-corrected chi connectivity index (χ0v) is 5.66. The number of carboxylic acid groups (broad SMARTS) is 1. The summed E-state index contributed by atoms with van der Waals surface area (Å²) in [5, 5.41) is 8.70. The summed E-state index contributed by atoms with van der Waals surface area (Å²) in [7, 11) is 0. The predicted molar refractivity (Wildman–Crippen MR) is 36.5 cm³/mol. The molecule has 0 heterocycles. The van der Waals surface area contributed by atoms with Crippen molar-refractivity contribution in [2.24, 2.45) is 17.8 Å². The average molecular weight is 138 g/mol. The van der Waals surface area contributed by atoms with Gasteiger partial charge < -0.3 is 5.11 Å². The minimum absolute atomic E-state index is 0.0741. The van der Waals surface area contributed by atoms with Gasteiger partial charge >= 0.3 is 5.97 Å². The Morgan fingerprint density at radius 2 is 2.20 bits per heavy atom. The molecule has 1 saturated carbocycles. The predicted octanol–water partition coefficient (Wildman–Crippen LogP) is 1.28. The number of hydrogen-bond donors (Lipinski definition) is 1. The Morgan fingerprint density at radius 1 is 1.40 bits per heavy atom. The first kappa shape index (κ1) is 5.96. The molecular weight excluding hydrogens is 128 g/mol. The van der Waals surface area contributed by atoms with E-state index in [0.29, 0.717) is 11.8 Å². The maximum Gasteiger partial charge on any atom is 0.307 e. The first-order valence-electron chi connectivity index (χ1n) is 3.68. The van der Waals surface area contributed by atoms with Gasteiger partial charge in [0.15, 0.2) is 0 Å². The Kier molecular flexibility index (Phi) is 1.10. The summed E-state index contributed by atoms with van der Waals surface area (Å²) in [4.78, 5) is 10.6. The molecule has 2 nitrogen and oxygen atoms in total. The van der Waals surface area contributed by atoms with Crippen LogP contribution in [0.25, 0.3) is 0 Å². The number of fused-ring (bicyclic) bond motifs is 2. The second-order valence-electron chi connectivity index (χ2n) is 3.22. The smallest absolute Gasteiger partial charge is 0.307 e. The van der Waals surface area contributed by atoms with Gasteiger partial charge in [0.2, 0.25) is 0 Å². The van der Waals surface area contributed by atoms with E-state index in [1.807, 2.05) is 0 Å². The fourth-order valence-corrected chi connectivity index (χ4v) is 2.06. The molecule has 54 valence electrons. The first-order chi connectivity index (χ1) is 4.77. The van der Waals surface area contributed by atoms with E-state index in [2.05, 4.69) is 12.2 Å². The van der Waals surface area contributed by atoms with Gasteiger partial charge in [-0.3, -0.25) is 4.79 Å². The molecule has 0 spiro atoms. The van der Waals surface area contributed by atoms with Crippen molar-refractivity contribution >= 4 is 5.97 Å². The molecule has 2 rings (SSSR count). The van der Waals surface area contributed by atoms with Crippen molar-refractivity contribution in [1.82, 2.24) is 0 Å². The molecule has 3 atom stereocenters. The van der Waals surface area contributed by atoms with Crippen LogP contribution in [0.3, 0.4) is 0 Å². The zero-order chi connectivity index (χ0) is 7.14. The molecule has 0 radical (unpaired) electrons. The van der Waals surface area contributed by atoms with E-state index < -0.39 is 5.97 Å². The minimum Gasteiger partial charge on any atom is -0.481 e. The third kappa shape index (κ3) is 0.681. The number of carboxylic acids is 1. The normalized spacial score (nSPS) is 42.6. The number of carbonyl (C=O) groups is 1. The van der Waals surface area contributed by atoms with E-state index in [0.717, 1.165) is 12.8 Å². The molecule has 0 aromatic carbocycles. The van der Waals surface area contributed by atoms with Crippen LogP contribution in [-0.2, 0) is 4.79 Å². The Balaban J connectivity index is 2.16. The van der Waals surface area contributed by atoms with Crippen LogP contribution >= 0.6 is 0 Å². The summed E-state index contributed by atoms with van der Waals surface area (Å²) in [5.74, 6) is 0.237. The van der Waals surface area contributed by atoms with Crippen molar-refractivity contribution < 1.29 is 9.90 Å². The number of hydrogen-bond acceptors (Lipinski definition) is 1. The van der Waals surface area contributed by atoms with Crippen molar-refractivity contribution in [2.45, 2.75) is 12.8 Å². The third-order valence-corrected chi connectivity index (χ3v) is 2.60. The van der Waals surface area contributed by atoms with E-state index in [1.165, 1.54) is 0 Å². The van der Waals surface area contributed by atoms with Gasteiger partial charge in [-0.25, -0.2) is 0 Å². The van der Waals surface area contributed by atoms with Gasteiger partial charge in [-0.2, -0.15) is 0 Å². The van der Waals surface area contributed by atoms with E-state index in [4.69, 9.17) is 5.11 Å². The van der Waals surface area contributed by atoms with Crippen LogP contribution in [-0.4, -0.2) is 11.1 Å². The van der Waals surface area contributed by atoms with Crippen LogP contribution in [0.5, 0.6) is 0 Å². The lowest BCUT2D eigenvalue weighted by Crippen LogP contribution is -2.17. The molecule has 10 heavy (non-hydrogen) atoms. The standard InChI is InChI=1S/C8H10O2/c9-8(10)7-4-5-1-2-6(7)3-5/h1-2,5-7H,3-4H2,(H,9,10)/t5-,6+,7+/m1/s1. The van der Waals surface area contributed by atoms with Gasteiger partial charge in [-0.1, -0.05) is 12.2 Å². The van der Waals surface area contributed by atoms with Crippen LogP contribution in [0, 0.1) is 17.8 Å². The molecule has 0 saturated heterocycles. The van der Waals surface area contributed by atoms with Gasteiger partial charge in [-0.15, -0.1) is 0 Å². The summed E-state index contributed by atoms with van der Waals surface area (Å²) in [5.41, 5.74) is 0. The number of allylic oxidation sites excluding steroid dienone is 2. The van der Waals surface area contributed by atoms with Crippen LogP contribution in [0.4, 0.5) is 0 Å². The highest BCUT2D eigenvalue weighted by molar-refractivity contribution is 5.71. The van der Waals surface area contributed by atoms with E-state index in [9.17, 15) is 4.79 Å². The maximum absolute atomic E-state index is 10.6. The molecule has 1 fully saturated rings. The van der Waals surface area contributed by atoms with E-state index in [-0.39, 0.29) is 5.92 Å². The van der Waals surface area contributed by atoms with Gasteiger partial charge in [0.1, 0.15) is 0 Å². The van der Waals surface area contributed by atoms with Gasteiger partial charge in [0.25, 0.3) is 0 Å². The molecule has 2 aliphatic rings. The van der Waals surface area contributed by atoms with Crippen molar-refractivity contribution in [2.75, 3.05) is 0 Å². The first-order valence-corrected chi connectivity index (χ1v) is 3.68. The summed E-state index contributed by atoms with van der Waals surface area (Å²) in [6, 6.07) is 0. The highest BCUT2D eigenvalue weighted by Crippen LogP contribution is 2.43. The fourth-order valence-electron chi connectivity index (χ4n) is 2.06. The van der Waals surface area contributed by atoms with Crippen LogP contribution in [0.15, 0.2) is 12.2 Å². The summed E-state index contributed by atoms with van der Waals surface area (Å²) in [6.07, 6.45) is 6.17. The van der Waals surface area contributed by atoms with Gasteiger partial charge in [-0.05, 0) is 24.7 Å². The van der Waals surface area contributed by atoms with Crippen LogP contribution in [0.2, 0.25) is 0 Å². The molecule has 0 amide bonds. The Bertz CT molecular complexity index is 195. The highest BCUT2D eigenvalue weighted by atomic mass is 16.4. The molecule has 2 bridgehead atoms. The van der Waals surface area contributed by atoms with Gasteiger partial charge in [0, 0.05) is 0 Å². The second kappa shape index (κ2) is 1.84. The molecule has 1 N–H and O–H groups in total. The van der Waals surface area contributed by atoms with E-state index in [1.54, 1.807) is 0 Å². The lowest BCUT2D eigenvalue weighted by molar-refractivity contribution is -0.142. The number of aliphatic carboxylic acids is 1.